The van der Waals surface area contributed by atoms with Crippen LogP contribution in [0.4, 0.5) is 11.5 Å². The molecular weight excluding hydrogens is 182 g/mol. The molecule has 1 heterocycles. The van der Waals surface area contributed by atoms with Gasteiger partial charge in [-0.1, -0.05) is 13.8 Å². The van der Waals surface area contributed by atoms with Crippen LogP contribution in [0.5, 0.6) is 0 Å². The minimum Gasteiger partial charge on any atom is -0.387 e. The number of pyridine rings is 1. The second kappa shape index (κ2) is 6.60. The maximum Gasteiger partial charge on any atom is 0.137 e. The summed E-state index contributed by atoms with van der Waals surface area (Å²) in [6.07, 6.45) is 3.70. The number of aromatic nitrogens is 1. The van der Waals surface area contributed by atoms with Crippen molar-refractivity contribution in [2.75, 3.05) is 24.4 Å². The first-order valence-corrected chi connectivity index (χ1v) is 5.47. The maximum atomic E-state index is 5.59. The Hall–Kier alpha value is -0.900. The van der Waals surface area contributed by atoms with Crippen LogP contribution in [0.25, 0.3) is 0 Å². The molecule has 0 saturated heterocycles. The molecular formula is C9H17N3S. The van der Waals surface area contributed by atoms with Crippen LogP contribution >= 0.6 is 11.8 Å². The predicted molar refractivity (Wildman–Crippen MR) is 61.3 cm³/mol. The van der Waals surface area contributed by atoms with Crippen LogP contribution in [0.1, 0.15) is 13.8 Å². The minimum absolute atomic E-state index is 0.594. The van der Waals surface area contributed by atoms with E-state index in [1.54, 1.807) is 18.0 Å². The van der Waals surface area contributed by atoms with E-state index in [1.807, 2.05) is 33.2 Å². The van der Waals surface area contributed by atoms with E-state index in [2.05, 4.69) is 10.3 Å². The van der Waals surface area contributed by atoms with E-state index in [-0.39, 0.29) is 0 Å². The molecule has 0 fully saturated rings. The van der Waals surface area contributed by atoms with Gasteiger partial charge in [0.05, 0.1) is 16.8 Å². The highest BCUT2D eigenvalue weighted by Crippen LogP contribution is 2.23. The number of rotatable bonds is 2. The molecule has 1 rings (SSSR count). The van der Waals surface area contributed by atoms with Crippen LogP contribution in [0.15, 0.2) is 17.2 Å². The SMILES string of the molecule is CC.CNc1cnc(N)c(SC)c1. The molecule has 0 unspecified atom stereocenters. The van der Waals surface area contributed by atoms with E-state index in [0.29, 0.717) is 5.82 Å². The third kappa shape index (κ3) is 3.55. The van der Waals surface area contributed by atoms with E-state index >= 15 is 0 Å². The molecule has 0 amide bonds. The molecule has 1 aromatic rings. The van der Waals surface area contributed by atoms with Gasteiger partial charge in [-0.15, -0.1) is 11.8 Å². The van der Waals surface area contributed by atoms with Crippen molar-refractivity contribution >= 4 is 23.3 Å². The predicted octanol–water partition coefficient (Wildman–Crippen LogP) is 2.45. The topological polar surface area (TPSA) is 50.9 Å². The van der Waals surface area contributed by atoms with Crippen molar-refractivity contribution in [1.82, 2.24) is 4.98 Å². The van der Waals surface area contributed by atoms with Gasteiger partial charge in [0.2, 0.25) is 0 Å². The highest BCUT2D eigenvalue weighted by molar-refractivity contribution is 7.98. The fourth-order valence-electron chi connectivity index (χ4n) is 0.755. The van der Waals surface area contributed by atoms with Gasteiger partial charge in [0.25, 0.3) is 0 Å². The Morgan fingerprint density at radius 1 is 1.46 bits per heavy atom. The molecule has 3 nitrogen and oxygen atoms in total. The Labute approximate surface area is 84.1 Å². The first-order chi connectivity index (χ1) is 6.27. The third-order valence-corrected chi connectivity index (χ3v) is 2.16. The molecule has 0 bridgehead atoms. The number of thioether (sulfide) groups is 1. The molecule has 13 heavy (non-hydrogen) atoms. The van der Waals surface area contributed by atoms with E-state index in [4.69, 9.17) is 5.73 Å². The fourth-order valence-corrected chi connectivity index (χ4v) is 1.26. The van der Waals surface area contributed by atoms with Gasteiger partial charge in [-0.2, -0.15) is 0 Å². The van der Waals surface area contributed by atoms with Crippen molar-refractivity contribution in [3.05, 3.63) is 12.3 Å². The minimum atomic E-state index is 0.594. The van der Waals surface area contributed by atoms with Crippen molar-refractivity contribution in [1.29, 1.82) is 0 Å². The molecule has 3 N–H and O–H groups in total. The van der Waals surface area contributed by atoms with Crippen LogP contribution in [0.3, 0.4) is 0 Å². The number of nitrogens with one attached hydrogen (secondary N) is 1. The monoisotopic (exact) mass is 199 g/mol. The highest BCUT2D eigenvalue weighted by atomic mass is 32.2. The number of nitrogens with zero attached hydrogens (tertiary/aromatic N) is 1. The largest absolute Gasteiger partial charge is 0.387 e. The molecule has 74 valence electrons. The smallest absolute Gasteiger partial charge is 0.137 e. The molecule has 0 spiro atoms. The maximum absolute atomic E-state index is 5.59. The molecule has 0 aliphatic carbocycles. The number of hydrogen-bond acceptors (Lipinski definition) is 4. The molecule has 4 heteroatoms. The lowest BCUT2D eigenvalue weighted by atomic mass is 10.4. The van der Waals surface area contributed by atoms with E-state index in [1.165, 1.54) is 0 Å². The zero-order valence-corrected chi connectivity index (χ0v) is 9.40. The Balaban J connectivity index is 0.000000671. The zero-order valence-electron chi connectivity index (χ0n) is 8.59. The number of hydrogen-bond donors (Lipinski definition) is 2. The Morgan fingerprint density at radius 3 is 2.54 bits per heavy atom. The lowest BCUT2D eigenvalue weighted by Crippen LogP contribution is -1.95. The first-order valence-electron chi connectivity index (χ1n) is 4.25. The average Bonchev–Trinajstić information content (AvgIpc) is 2.22. The first kappa shape index (κ1) is 12.1. The number of nitrogen functional groups attached to an aromatic ring is 1. The van der Waals surface area contributed by atoms with E-state index < -0.39 is 0 Å². The number of nitrogens with two attached hydrogens (primary N) is 1. The van der Waals surface area contributed by atoms with Gasteiger partial charge in [-0.3, -0.25) is 0 Å². The van der Waals surface area contributed by atoms with Crippen LogP contribution in [0, 0.1) is 0 Å². The van der Waals surface area contributed by atoms with Gasteiger partial charge in [0.15, 0.2) is 0 Å². The lowest BCUT2D eigenvalue weighted by Gasteiger charge is -2.03. The molecule has 0 saturated carbocycles. The molecule has 0 aromatic carbocycles. The fraction of sp³-hybridized carbons (Fsp3) is 0.444. The van der Waals surface area contributed by atoms with Crippen LogP contribution < -0.4 is 11.1 Å². The Kier molecular flexibility index (Phi) is 6.14. The molecule has 1 aromatic heterocycles. The standard InChI is InChI=1S/C7H11N3S.C2H6/c1-9-5-3-6(11-2)7(8)10-4-5;1-2/h3-4,9H,1-2H3,(H2,8,10);1-2H3. The highest BCUT2D eigenvalue weighted by Gasteiger charge is 1.98. The van der Waals surface area contributed by atoms with E-state index in [9.17, 15) is 0 Å². The quantitative estimate of drug-likeness (QED) is 0.718. The van der Waals surface area contributed by atoms with Gasteiger partial charge >= 0.3 is 0 Å². The summed E-state index contributed by atoms with van der Waals surface area (Å²) >= 11 is 1.60. The Bertz CT molecular complexity index is 251. The molecule has 0 aliphatic heterocycles. The van der Waals surface area contributed by atoms with Gasteiger partial charge in [-0.25, -0.2) is 4.98 Å². The molecule has 0 atom stereocenters. The van der Waals surface area contributed by atoms with Crippen molar-refractivity contribution in [3.63, 3.8) is 0 Å². The second-order valence-electron chi connectivity index (χ2n) is 2.06. The Morgan fingerprint density at radius 2 is 2.08 bits per heavy atom. The van der Waals surface area contributed by atoms with Crippen molar-refractivity contribution in [2.45, 2.75) is 18.7 Å². The van der Waals surface area contributed by atoms with Gasteiger partial charge in [0.1, 0.15) is 5.82 Å². The zero-order chi connectivity index (χ0) is 10.3. The van der Waals surface area contributed by atoms with Gasteiger partial charge in [-0.05, 0) is 12.3 Å². The summed E-state index contributed by atoms with van der Waals surface area (Å²) in [5, 5.41) is 3.00. The van der Waals surface area contributed by atoms with Crippen molar-refractivity contribution in [2.24, 2.45) is 0 Å². The summed E-state index contributed by atoms with van der Waals surface area (Å²) in [4.78, 5) is 5.03. The molecule has 0 radical (unpaired) electrons. The van der Waals surface area contributed by atoms with Crippen molar-refractivity contribution < 1.29 is 0 Å². The number of anilines is 2. The summed E-state index contributed by atoms with van der Waals surface area (Å²) < 4.78 is 0. The van der Waals surface area contributed by atoms with Gasteiger partial charge in [0, 0.05) is 7.05 Å². The summed E-state index contributed by atoms with van der Waals surface area (Å²) in [5.74, 6) is 0.594. The third-order valence-electron chi connectivity index (χ3n) is 1.39. The molecule has 0 aliphatic rings. The van der Waals surface area contributed by atoms with Crippen molar-refractivity contribution in [3.8, 4) is 0 Å². The summed E-state index contributed by atoms with van der Waals surface area (Å²) in [6.45, 7) is 4.00. The van der Waals surface area contributed by atoms with Gasteiger partial charge < -0.3 is 11.1 Å². The summed E-state index contributed by atoms with van der Waals surface area (Å²) in [5.41, 5.74) is 6.58. The normalized spacial score (nSPS) is 8.62. The van der Waals surface area contributed by atoms with Crippen LogP contribution in [-0.2, 0) is 0 Å². The van der Waals surface area contributed by atoms with Crippen LogP contribution in [0.2, 0.25) is 0 Å². The second-order valence-corrected chi connectivity index (χ2v) is 2.91. The summed E-state index contributed by atoms with van der Waals surface area (Å²) in [6, 6.07) is 1.98. The summed E-state index contributed by atoms with van der Waals surface area (Å²) in [7, 11) is 1.86. The van der Waals surface area contributed by atoms with E-state index in [0.717, 1.165) is 10.6 Å². The average molecular weight is 199 g/mol. The van der Waals surface area contributed by atoms with Crippen LogP contribution in [-0.4, -0.2) is 18.3 Å². The lowest BCUT2D eigenvalue weighted by molar-refractivity contribution is 1.24.